The van der Waals surface area contributed by atoms with Crippen LogP contribution in [0, 0.1) is 10.1 Å². The van der Waals surface area contributed by atoms with Crippen LogP contribution in [0.5, 0.6) is 0 Å². The predicted octanol–water partition coefficient (Wildman–Crippen LogP) is 2.33. The average Bonchev–Trinajstić information content (AvgIpc) is 2.46. The maximum absolute atomic E-state index is 11.8. The van der Waals surface area contributed by atoms with Crippen molar-refractivity contribution in [1.82, 2.24) is 0 Å². The van der Waals surface area contributed by atoms with Gasteiger partial charge >= 0.3 is 10.1 Å². The number of anilines is 1. The lowest BCUT2D eigenvalue weighted by molar-refractivity contribution is -0.384. The van der Waals surface area contributed by atoms with Gasteiger partial charge in [-0.05, 0) is 18.2 Å². The number of hydrogen-bond donors (Lipinski definition) is 1. The van der Waals surface area contributed by atoms with Crippen LogP contribution in [-0.4, -0.2) is 13.3 Å². The molecule has 0 heterocycles. The van der Waals surface area contributed by atoms with E-state index >= 15 is 0 Å². The first-order valence-corrected chi connectivity index (χ1v) is 6.89. The van der Waals surface area contributed by atoms with E-state index in [2.05, 4.69) is 9.76 Å². The third-order valence-electron chi connectivity index (χ3n) is 2.39. The third kappa shape index (κ3) is 3.11. The molecule has 0 radical (unpaired) electrons. The highest BCUT2D eigenvalue weighted by Crippen LogP contribution is 2.24. The maximum Gasteiger partial charge on any atom is 0.317 e. The summed E-state index contributed by atoms with van der Waals surface area (Å²) in [6.07, 6.45) is 0. The summed E-state index contributed by atoms with van der Waals surface area (Å²) in [5.74, 6) is 0. The molecule has 0 spiro atoms. The molecular weight excluding hydrogens is 284 g/mol. The van der Waals surface area contributed by atoms with E-state index in [9.17, 15) is 18.5 Å². The minimum absolute atomic E-state index is 0.0444. The van der Waals surface area contributed by atoms with Gasteiger partial charge in [-0.2, -0.15) is 8.42 Å². The summed E-state index contributed by atoms with van der Waals surface area (Å²) in [5, 5.41) is 10.8. The molecule has 0 aromatic heterocycles. The van der Waals surface area contributed by atoms with E-state index in [1.165, 1.54) is 36.4 Å². The molecule has 0 aliphatic rings. The van der Waals surface area contributed by atoms with Gasteiger partial charge in [0.25, 0.3) is 5.69 Å². The predicted molar refractivity (Wildman–Crippen MR) is 71.4 cm³/mol. The molecule has 7 nitrogen and oxygen atoms in total. The fourth-order valence-corrected chi connectivity index (χ4v) is 2.24. The largest absolute Gasteiger partial charge is 0.317 e. The number of para-hydroxylation sites is 2. The lowest BCUT2D eigenvalue weighted by Gasteiger charge is -2.07. The number of nitro benzene ring substituents is 1. The molecule has 2 aromatic carbocycles. The summed E-state index contributed by atoms with van der Waals surface area (Å²) in [4.78, 5) is 10.1. The number of nitrogens with zero attached hydrogens (tertiary/aromatic N) is 1. The van der Waals surface area contributed by atoms with Gasteiger partial charge in [-0.15, -0.1) is 4.28 Å². The Balaban J connectivity index is 2.19. The molecule has 2 aromatic rings. The second kappa shape index (κ2) is 5.68. The fourth-order valence-electron chi connectivity index (χ4n) is 1.45. The number of benzene rings is 2. The molecule has 0 saturated heterocycles. The molecule has 104 valence electrons. The lowest BCUT2D eigenvalue weighted by atomic mass is 10.3. The van der Waals surface area contributed by atoms with Crippen LogP contribution in [0.15, 0.2) is 59.5 Å². The highest BCUT2D eigenvalue weighted by atomic mass is 32.2. The molecule has 0 unspecified atom stereocenters. The maximum atomic E-state index is 11.8. The van der Waals surface area contributed by atoms with Gasteiger partial charge in [-0.3, -0.25) is 10.1 Å². The zero-order chi connectivity index (χ0) is 14.6. The molecule has 0 aliphatic carbocycles. The Hall–Kier alpha value is -2.45. The van der Waals surface area contributed by atoms with E-state index in [4.69, 9.17) is 0 Å². The summed E-state index contributed by atoms with van der Waals surface area (Å²) in [6.45, 7) is 0. The topological polar surface area (TPSA) is 98.5 Å². The zero-order valence-corrected chi connectivity index (χ0v) is 10.9. The van der Waals surface area contributed by atoms with E-state index in [-0.39, 0.29) is 16.3 Å². The summed E-state index contributed by atoms with van der Waals surface area (Å²) in [5.41, 5.74) is 1.78. The summed E-state index contributed by atoms with van der Waals surface area (Å²) in [6, 6.07) is 13.0. The van der Waals surface area contributed by atoms with E-state index in [1.54, 1.807) is 18.2 Å². The SMILES string of the molecule is O=[N+]([O-])c1ccccc1NOS(=O)(=O)c1ccccc1. The number of hydrogen-bond acceptors (Lipinski definition) is 6. The van der Waals surface area contributed by atoms with Crippen molar-refractivity contribution in [1.29, 1.82) is 0 Å². The van der Waals surface area contributed by atoms with Crippen LogP contribution in [-0.2, 0) is 14.4 Å². The smallest absolute Gasteiger partial charge is 0.258 e. The molecule has 0 atom stereocenters. The minimum atomic E-state index is -4.03. The summed E-state index contributed by atoms with van der Waals surface area (Å²) < 4.78 is 28.3. The number of nitrogens with one attached hydrogen (secondary N) is 1. The van der Waals surface area contributed by atoms with Gasteiger partial charge in [0.05, 0.1) is 9.82 Å². The first-order chi connectivity index (χ1) is 9.50. The van der Waals surface area contributed by atoms with Crippen molar-refractivity contribution >= 4 is 21.5 Å². The molecule has 0 saturated carbocycles. The first kappa shape index (κ1) is 14.0. The van der Waals surface area contributed by atoms with Crippen molar-refractivity contribution in [3.05, 3.63) is 64.7 Å². The molecule has 0 fully saturated rings. The van der Waals surface area contributed by atoms with Crippen LogP contribution in [0.1, 0.15) is 0 Å². The normalized spacial score (nSPS) is 11.0. The van der Waals surface area contributed by atoms with E-state index in [0.29, 0.717) is 0 Å². The Morgan fingerprint density at radius 2 is 1.60 bits per heavy atom. The average molecular weight is 294 g/mol. The Morgan fingerprint density at radius 1 is 1.00 bits per heavy atom. The molecule has 0 aliphatic heterocycles. The minimum Gasteiger partial charge on any atom is -0.258 e. The van der Waals surface area contributed by atoms with Crippen LogP contribution in [0.2, 0.25) is 0 Å². The van der Waals surface area contributed by atoms with Crippen molar-refractivity contribution in [2.24, 2.45) is 0 Å². The number of nitro groups is 1. The second-order valence-corrected chi connectivity index (χ2v) is 5.27. The van der Waals surface area contributed by atoms with Crippen molar-refractivity contribution in [3.8, 4) is 0 Å². The zero-order valence-electron chi connectivity index (χ0n) is 10.1. The quantitative estimate of drug-likeness (QED) is 0.671. The molecule has 0 amide bonds. The van der Waals surface area contributed by atoms with E-state index in [0.717, 1.165) is 0 Å². The molecule has 20 heavy (non-hydrogen) atoms. The van der Waals surface area contributed by atoms with Gasteiger partial charge in [0.2, 0.25) is 0 Å². The van der Waals surface area contributed by atoms with Crippen LogP contribution in [0.25, 0.3) is 0 Å². The first-order valence-electron chi connectivity index (χ1n) is 5.49. The van der Waals surface area contributed by atoms with E-state index in [1.807, 2.05) is 0 Å². The lowest BCUT2D eigenvalue weighted by Crippen LogP contribution is -2.12. The summed E-state index contributed by atoms with van der Waals surface area (Å²) >= 11 is 0. The highest BCUT2D eigenvalue weighted by Gasteiger charge is 2.18. The van der Waals surface area contributed by atoms with Crippen molar-refractivity contribution in [3.63, 3.8) is 0 Å². The van der Waals surface area contributed by atoms with Crippen molar-refractivity contribution in [2.75, 3.05) is 5.48 Å². The van der Waals surface area contributed by atoms with Gasteiger partial charge in [0.15, 0.2) is 0 Å². The van der Waals surface area contributed by atoms with Gasteiger partial charge < -0.3 is 0 Å². The Labute approximate surface area is 115 Å². The van der Waals surface area contributed by atoms with Crippen LogP contribution in [0.4, 0.5) is 11.4 Å². The van der Waals surface area contributed by atoms with Gasteiger partial charge in [-0.25, -0.2) is 5.48 Å². The Morgan fingerprint density at radius 3 is 2.25 bits per heavy atom. The number of rotatable bonds is 5. The van der Waals surface area contributed by atoms with Gasteiger partial charge in [0, 0.05) is 6.07 Å². The van der Waals surface area contributed by atoms with Crippen molar-refractivity contribution < 1.29 is 17.6 Å². The standard InChI is InChI=1S/C12H10N2O5S/c15-14(16)12-9-5-4-8-11(12)13-19-20(17,18)10-6-2-1-3-7-10/h1-9,13H. The van der Waals surface area contributed by atoms with Crippen LogP contribution in [0.3, 0.4) is 0 Å². The molecule has 2 rings (SSSR count). The monoisotopic (exact) mass is 294 g/mol. The molecule has 0 bridgehead atoms. The van der Waals surface area contributed by atoms with Crippen LogP contribution >= 0.6 is 0 Å². The highest BCUT2D eigenvalue weighted by molar-refractivity contribution is 7.86. The third-order valence-corrected chi connectivity index (χ3v) is 3.55. The van der Waals surface area contributed by atoms with Gasteiger partial charge in [0.1, 0.15) is 5.69 Å². The van der Waals surface area contributed by atoms with Crippen molar-refractivity contribution in [2.45, 2.75) is 4.90 Å². The Bertz CT molecular complexity index is 716. The fraction of sp³-hybridized carbons (Fsp3) is 0. The summed E-state index contributed by atoms with van der Waals surface area (Å²) in [7, 11) is -4.03. The van der Waals surface area contributed by atoms with E-state index < -0.39 is 15.0 Å². The Kier molecular flexibility index (Phi) is 3.97. The van der Waals surface area contributed by atoms with Crippen LogP contribution < -0.4 is 5.48 Å². The molecule has 1 N–H and O–H groups in total. The van der Waals surface area contributed by atoms with Gasteiger partial charge in [-0.1, -0.05) is 30.3 Å². The molecular formula is C12H10N2O5S. The second-order valence-electron chi connectivity index (χ2n) is 3.73. The molecule has 8 heteroatoms.